The van der Waals surface area contributed by atoms with Gasteiger partial charge in [-0.15, -0.1) is 5.10 Å². The molecule has 1 aromatic rings. The van der Waals surface area contributed by atoms with Crippen LogP contribution in [0.15, 0.2) is 0 Å². The Hall–Kier alpha value is -1.19. The molecule has 1 N–H and O–H groups in total. The van der Waals surface area contributed by atoms with E-state index in [0.717, 1.165) is 17.3 Å². The standard InChI is InChI=1S/C11H18N4/c1-7-5-4-6-10(7)13-11-12-8(2)9(3)14-15-11/h7,10H,4-6H2,1-3H3,(H,12,13,15). The lowest BCUT2D eigenvalue weighted by Crippen LogP contribution is -2.23. The van der Waals surface area contributed by atoms with Crippen LogP contribution in [0.3, 0.4) is 0 Å². The van der Waals surface area contributed by atoms with Gasteiger partial charge < -0.3 is 5.32 Å². The molecular weight excluding hydrogens is 188 g/mol. The highest BCUT2D eigenvalue weighted by atomic mass is 15.2. The van der Waals surface area contributed by atoms with Gasteiger partial charge in [-0.2, -0.15) is 5.10 Å². The molecule has 0 aromatic carbocycles. The summed E-state index contributed by atoms with van der Waals surface area (Å²) in [6, 6.07) is 0.522. The minimum atomic E-state index is 0.522. The molecule has 1 aliphatic rings. The van der Waals surface area contributed by atoms with Crippen molar-refractivity contribution in [3.63, 3.8) is 0 Å². The first-order chi connectivity index (χ1) is 7.16. The lowest BCUT2D eigenvalue weighted by molar-refractivity contribution is 0.551. The summed E-state index contributed by atoms with van der Waals surface area (Å²) >= 11 is 0. The van der Waals surface area contributed by atoms with Gasteiger partial charge in [0.25, 0.3) is 0 Å². The molecule has 15 heavy (non-hydrogen) atoms. The zero-order valence-corrected chi connectivity index (χ0v) is 9.62. The third-order valence-electron chi connectivity index (χ3n) is 3.27. The third kappa shape index (κ3) is 2.25. The molecule has 2 rings (SSSR count). The SMILES string of the molecule is Cc1nnc(NC2CCCC2C)nc1C. The Kier molecular flexibility index (Phi) is 2.84. The van der Waals surface area contributed by atoms with Crippen LogP contribution in [-0.4, -0.2) is 21.2 Å². The van der Waals surface area contributed by atoms with Crippen molar-refractivity contribution in [2.24, 2.45) is 5.92 Å². The highest BCUT2D eigenvalue weighted by Gasteiger charge is 2.23. The van der Waals surface area contributed by atoms with E-state index in [1.54, 1.807) is 0 Å². The van der Waals surface area contributed by atoms with Gasteiger partial charge in [-0.25, -0.2) is 4.98 Å². The van der Waals surface area contributed by atoms with Gasteiger partial charge in [-0.1, -0.05) is 13.3 Å². The fourth-order valence-electron chi connectivity index (χ4n) is 2.04. The van der Waals surface area contributed by atoms with Crippen LogP contribution < -0.4 is 5.32 Å². The Morgan fingerprint density at radius 3 is 2.53 bits per heavy atom. The Labute approximate surface area is 90.5 Å². The van der Waals surface area contributed by atoms with Crippen molar-refractivity contribution < 1.29 is 0 Å². The molecule has 2 unspecified atom stereocenters. The fourth-order valence-corrected chi connectivity index (χ4v) is 2.04. The number of nitrogens with zero attached hydrogens (tertiary/aromatic N) is 3. The first-order valence-corrected chi connectivity index (χ1v) is 5.61. The van der Waals surface area contributed by atoms with Crippen molar-refractivity contribution in [1.82, 2.24) is 15.2 Å². The Morgan fingerprint density at radius 1 is 1.13 bits per heavy atom. The molecule has 0 spiro atoms. The second kappa shape index (κ2) is 4.13. The van der Waals surface area contributed by atoms with Crippen molar-refractivity contribution in [1.29, 1.82) is 0 Å². The second-order valence-electron chi connectivity index (χ2n) is 4.47. The van der Waals surface area contributed by atoms with Crippen molar-refractivity contribution >= 4 is 5.95 Å². The molecule has 4 nitrogen and oxygen atoms in total. The molecule has 4 heteroatoms. The highest BCUT2D eigenvalue weighted by Crippen LogP contribution is 2.26. The van der Waals surface area contributed by atoms with Crippen molar-refractivity contribution in [3.05, 3.63) is 11.4 Å². The summed E-state index contributed by atoms with van der Waals surface area (Å²) in [6.45, 7) is 6.17. The molecule has 2 atom stereocenters. The molecule has 0 amide bonds. The monoisotopic (exact) mass is 206 g/mol. The number of rotatable bonds is 2. The average molecular weight is 206 g/mol. The number of aryl methyl sites for hydroxylation is 2. The molecule has 0 aliphatic heterocycles. The summed E-state index contributed by atoms with van der Waals surface area (Å²) in [6.07, 6.45) is 3.82. The number of aromatic nitrogens is 3. The van der Waals surface area contributed by atoms with Gasteiger partial charge >= 0.3 is 0 Å². The molecular formula is C11H18N4. The predicted molar refractivity (Wildman–Crippen MR) is 59.7 cm³/mol. The van der Waals surface area contributed by atoms with Gasteiger partial charge in [-0.3, -0.25) is 0 Å². The number of hydrogen-bond donors (Lipinski definition) is 1. The quantitative estimate of drug-likeness (QED) is 0.805. The zero-order chi connectivity index (χ0) is 10.8. The van der Waals surface area contributed by atoms with Crippen LogP contribution in [0.4, 0.5) is 5.95 Å². The predicted octanol–water partition coefficient (Wildman–Crippen LogP) is 2.09. The lowest BCUT2D eigenvalue weighted by Gasteiger charge is -2.16. The smallest absolute Gasteiger partial charge is 0.243 e. The topological polar surface area (TPSA) is 50.7 Å². The summed E-state index contributed by atoms with van der Waals surface area (Å²) in [5.41, 5.74) is 1.86. The van der Waals surface area contributed by atoms with Crippen molar-refractivity contribution in [2.45, 2.75) is 46.1 Å². The van der Waals surface area contributed by atoms with E-state index >= 15 is 0 Å². The first kappa shape index (κ1) is 10.3. The molecule has 0 bridgehead atoms. The maximum atomic E-state index is 4.39. The van der Waals surface area contributed by atoms with Gasteiger partial charge in [0.15, 0.2) is 0 Å². The van der Waals surface area contributed by atoms with Gasteiger partial charge in [0.1, 0.15) is 0 Å². The van der Waals surface area contributed by atoms with E-state index in [1.807, 2.05) is 13.8 Å². The van der Waals surface area contributed by atoms with Gasteiger partial charge in [0.2, 0.25) is 5.95 Å². The maximum absolute atomic E-state index is 4.39. The van der Waals surface area contributed by atoms with Crippen LogP contribution in [0.5, 0.6) is 0 Å². The number of nitrogens with one attached hydrogen (secondary N) is 1. The van der Waals surface area contributed by atoms with Crippen LogP contribution in [-0.2, 0) is 0 Å². The number of anilines is 1. The van der Waals surface area contributed by atoms with Crippen LogP contribution in [0.2, 0.25) is 0 Å². The van der Waals surface area contributed by atoms with E-state index in [2.05, 4.69) is 27.4 Å². The van der Waals surface area contributed by atoms with E-state index in [4.69, 9.17) is 0 Å². The first-order valence-electron chi connectivity index (χ1n) is 5.61. The summed E-state index contributed by atoms with van der Waals surface area (Å²) in [5.74, 6) is 1.40. The molecule has 1 heterocycles. The minimum absolute atomic E-state index is 0.522. The van der Waals surface area contributed by atoms with E-state index in [0.29, 0.717) is 12.0 Å². The number of hydrogen-bond acceptors (Lipinski definition) is 4. The molecule has 0 radical (unpaired) electrons. The van der Waals surface area contributed by atoms with Crippen molar-refractivity contribution in [3.8, 4) is 0 Å². The van der Waals surface area contributed by atoms with Crippen LogP contribution in [0.25, 0.3) is 0 Å². The zero-order valence-electron chi connectivity index (χ0n) is 9.62. The Morgan fingerprint density at radius 2 is 1.93 bits per heavy atom. The molecule has 1 fully saturated rings. The van der Waals surface area contributed by atoms with E-state index < -0.39 is 0 Å². The van der Waals surface area contributed by atoms with E-state index in [9.17, 15) is 0 Å². The summed E-state index contributed by atoms with van der Waals surface area (Å²) in [5, 5.41) is 11.5. The van der Waals surface area contributed by atoms with Crippen LogP contribution in [0.1, 0.15) is 37.6 Å². The Bertz CT molecular complexity index is 350. The summed E-state index contributed by atoms with van der Waals surface area (Å²) in [7, 11) is 0. The highest BCUT2D eigenvalue weighted by molar-refractivity contribution is 5.27. The molecule has 1 aliphatic carbocycles. The summed E-state index contributed by atoms with van der Waals surface area (Å²) < 4.78 is 0. The summed E-state index contributed by atoms with van der Waals surface area (Å²) in [4.78, 5) is 4.39. The third-order valence-corrected chi connectivity index (χ3v) is 3.27. The maximum Gasteiger partial charge on any atom is 0.243 e. The van der Waals surface area contributed by atoms with Gasteiger partial charge in [0, 0.05) is 6.04 Å². The minimum Gasteiger partial charge on any atom is -0.350 e. The lowest BCUT2D eigenvalue weighted by atomic mass is 10.1. The normalized spacial score (nSPS) is 25.5. The largest absolute Gasteiger partial charge is 0.350 e. The second-order valence-corrected chi connectivity index (χ2v) is 4.47. The molecule has 1 aromatic heterocycles. The average Bonchev–Trinajstić information content (AvgIpc) is 2.59. The molecule has 82 valence electrons. The van der Waals surface area contributed by atoms with Gasteiger partial charge in [-0.05, 0) is 32.6 Å². The van der Waals surface area contributed by atoms with E-state index in [1.165, 1.54) is 19.3 Å². The van der Waals surface area contributed by atoms with Crippen LogP contribution in [0, 0.1) is 19.8 Å². The molecule has 1 saturated carbocycles. The van der Waals surface area contributed by atoms with Crippen molar-refractivity contribution in [2.75, 3.05) is 5.32 Å². The van der Waals surface area contributed by atoms with E-state index in [-0.39, 0.29) is 0 Å². The Balaban J connectivity index is 2.07. The fraction of sp³-hybridized carbons (Fsp3) is 0.727. The van der Waals surface area contributed by atoms with Gasteiger partial charge in [0.05, 0.1) is 11.4 Å². The molecule has 0 saturated heterocycles. The van der Waals surface area contributed by atoms with Crippen LogP contribution >= 0.6 is 0 Å².